The van der Waals surface area contributed by atoms with Gasteiger partial charge in [-0.15, -0.1) is 0 Å². The number of carbonyl (C=O) groups is 1. The number of hydrogen-bond donors (Lipinski definition) is 0. The third-order valence-corrected chi connectivity index (χ3v) is 6.51. The van der Waals surface area contributed by atoms with Crippen LogP contribution in [-0.4, -0.2) is 15.9 Å². The van der Waals surface area contributed by atoms with Gasteiger partial charge in [0, 0.05) is 16.7 Å². The van der Waals surface area contributed by atoms with Gasteiger partial charge >= 0.3 is 5.91 Å². The van der Waals surface area contributed by atoms with E-state index in [4.69, 9.17) is 9.15 Å². The summed E-state index contributed by atoms with van der Waals surface area (Å²) in [4.78, 5) is 25.2. The largest absolute Gasteiger partial charge is 0.482 e. The van der Waals surface area contributed by atoms with E-state index in [0.29, 0.717) is 4.90 Å². The molecule has 1 heterocycles. The highest BCUT2D eigenvalue weighted by molar-refractivity contribution is 7.94. The molecule has 0 saturated heterocycles. The van der Waals surface area contributed by atoms with Crippen LogP contribution in [0.1, 0.15) is 28.6 Å². The lowest BCUT2D eigenvalue weighted by Gasteiger charge is -2.08. The standard InChI is InChI=1S/C22H21NO5S/c1-3-29(26,18-11-9-16(2)10-12-18)23-22(25)20-13-19(24)21(15-28-20)27-14-17-7-5-4-6-8-17/h4-13,15H,3,14H2,1-2H3. The van der Waals surface area contributed by atoms with Crippen LogP contribution in [0.5, 0.6) is 5.75 Å². The van der Waals surface area contributed by atoms with E-state index in [-0.39, 0.29) is 23.9 Å². The number of hydrogen-bond acceptors (Lipinski definition) is 5. The highest BCUT2D eigenvalue weighted by Gasteiger charge is 2.17. The Morgan fingerprint density at radius 3 is 2.41 bits per heavy atom. The minimum atomic E-state index is -2.96. The first-order valence-corrected chi connectivity index (χ1v) is 10.7. The monoisotopic (exact) mass is 411 g/mol. The van der Waals surface area contributed by atoms with E-state index in [2.05, 4.69) is 4.36 Å². The van der Waals surface area contributed by atoms with Gasteiger partial charge in [0.05, 0.1) is 9.73 Å². The molecule has 29 heavy (non-hydrogen) atoms. The molecule has 6 nitrogen and oxygen atoms in total. The van der Waals surface area contributed by atoms with Crippen LogP contribution in [0.4, 0.5) is 0 Å². The number of aryl methyl sites for hydroxylation is 1. The molecule has 0 fully saturated rings. The highest BCUT2D eigenvalue weighted by Crippen LogP contribution is 2.17. The Hall–Kier alpha value is -3.19. The quantitative estimate of drug-likeness (QED) is 0.606. The van der Waals surface area contributed by atoms with Gasteiger partial charge in [0.2, 0.25) is 11.2 Å². The van der Waals surface area contributed by atoms with Gasteiger partial charge in [0.25, 0.3) is 0 Å². The molecule has 150 valence electrons. The molecule has 0 bridgehead atoms. The number of nitrogens with zero attached hydrogens (tertiary/aromatic N) is 1. The molecule has 2 aromatic carbocycles. The van der Waals surface area contributed by atoms with Gasteiger partial charge in [-0.3, -0.25) is 9.59 Å². The van der Waals surface area contributed by atoms with E-state index in [0.717, 1.165) is 23.5 Å². The summed E-state index contributed by atoms with van der Waals surface area (Å²) in [6.45, 7) is 3.80. The first kappa shape index (κ1) is 20.5. The summed E-state index contributed by atoms with van der Waals surface area (Å²) in [5, 5.41) is 0. The topological polar surface area (TPSA) is 85.9 Å². The van der Waals surface area contributed by atoms with Crippen molar-refractivity contribution in [1.82, 2.24) is 0 Å². The number of carbonyl (C=O) groups excluding carboxylic acids is 1. The molecule has 1 amide bonds. The van der Waals surface area contributed by atoms with Crippen molar-refractivity contribution in [2.24, 2.45) is 4.36 Å². The van der Waals surface area contributed by atoms with Crippen LogP contribution in [0.25, 0.3) is 0 Å². The number of amides is 1. The lowest BCUT2D eigenvalue weighted by molar-refractivity contribution is 0.0975. The average molecular weight is 411 g/mol. The van der Waals surface area contributed by atoms with E-state index in [1.54, 1.807) is 19.1 Å². The fraction of sp³-hybridized carbons (Fsp3) is 0.182. The Kier molecular flexibility index (Phi) is 6.29. The van der Waals surface area contributed by atoms with Crippen molar-refractivity contribution >= 4 is 15.6 Å². The third kappa shape index (κ3) is 5.00. The van der Waals surface area contributed by atoms with Gasteiger partial charge in [-0.25, -0.2) is 4.21 Å². The van der Waals surface area contributed by atoms with Gasteiger partial charge in [-0.05, 0) is 24.6 Å². The Labute approximate surface area is 169 Å². The summed E-state index contributed by atoms with van der Waals surface area (Å²) >= 11 is 0. The maximum Gasteiger partial charge on any atom is 0.321 e. The van der Waals surface area contributed by atoms with Crippen molar-refractivity contribution in [3.05, 3.63) is 94.0 Å². The normalized spacial score (nSPS) is 12.8. The van der Waals surface area contributed by atoms with E-state index < -0.39 is 21.1 Å². The third-order valence-electron chi connectivity index (χ3n) is 4.26. The number of rotatable bonds is 6. The van der Waals surface area contributed by atoms with E-state index >= 15 is 0 Å². The van der Waals surface area contributed by atoms with Gasteiger partial charge in [-0.1, -0.05) is 55.0 Å². The minimum Gasteiger partial charge on any atom is -0.482 e. The first-order chi connectivity index (χ1) is 13.9. The Morgan fingerprint density at radius 2 is 1.79 bits per heavy atom. The second-order valence-electron chi connectivity index (χ2n) is 6.39. The lowest BCUT2D eigenvalue weighted by atomic mass is 10.2. The van der Waals surface area contributed by atoms with Gasteiger partial charge in [0.15, 0.2) is 5.76 Å². The Balaban J connectivity index is 1.82. The smallest absolute Gasteiger partial charge is 0.321 e. The van der Waals surface area contributed by atoms with Crippen LogP contribution in [0.15, 0.2) is 85.4 Å². The van der Waals surface area contributed by atoms with Crippen molar-refractivity contribution in [3.63, 3.8) is 0 Å². The van der Waals surface area contributed by atoms with Crippen molar-refractivity contribution in [1.29, 1.82) is 0 Å². The van der Waals surface area contributed by atoms with Gasteiger partial charge < -0.3 is 9.15 Å². The van der Waals surface area contributed by atoms with Crippen LogP contribution in [-0.2, 0) is 16.3 Å². The summed E-state index contributed by atoms with van der Waals surface area (Å²) in [5.74, 6) is -0.982. The zero-order valence-corrected chi connectivity index (χ0v) is 17.0. The molecule has 1 atom stereocenters. The van der Waals surface area contributed by atoms with Crippen molar-refractivity contribution in [2.45, 2.75) is 25.3 Å². The maximum atomic E-state index is 13.1. The fourth-order valence-corrected chi connectivity index (χ4v) is 4.05. The van der Waals surface area contributed by atoms with Crippen LogP contribution in [0.3, 0.4) is 0 Å². The molecule has 0 aliphatic rings. The van der Waals surface area contributed by atoms with Crippen LogP contribution < -0.4 is 10.2 Å². The molecule has 0 spiro atoms. The molecule has 0 radical (unpaired) electrons. The molecule has 3 aromatic rings. The predicted octanol–water partition coefficient (Wildman–Crippen LogP) is 4.21. The Bertz CT molecular complexity index is 1170. The van der Waals surface area contributed by atoms with Crippen LogP contribution in [0.2, 0.25) is 0 Å². The first-order valence-electron chi connectivity index (χ1n) is 9.07. The molecule has 3 rings (SSSR count). The number of benzene rings is 2. The molecule has 1 unspecified atom stereocenters. The second-order valence-corrected chi connectivity index (χ2v) is 8.90. The van der Waals surface area contributed by atoms with E-state index in [1.807, 2.05) is 49.4 Å². The SMILES string of the molecule is CCS(=O)(=NC(=O)c1cc(=O)c(OCc2ccccc2)co1)c1ccc(C)cc1. The van der Waals surface area contributed by atoms with E-state index in [1.165, 1.54) is 0 Å². The average Bonchev–Trinajstić information content (AvgIpc) is 2.74. The molecule has 0 aliphatic carbocycles. The molecule has 0 saturated carbocycles. The molecule has 0 N–H and O–H groups in total. The zero-order chi connectivity index (χ0) is 20.9. The lowest BCUT2D eigenvalue weighted by Crippen LogP contribution is -2.12. The van der Waals surface area contributed by atoms with Crippen LogP contribution in [0, 0.1) is 6.92 Å². The summed E-state index contributed by atoms with van der Waals surface area (Å²) in [5.41, 5.74) is 1.39. The van der Waals surface area contributed by atoms with Crippen molar-refractivity contribution in [2.75, 3.05) is 5.75 Å². The Morgan fingerprint density at radius 1 is 1.10 bits per heavy atom. The molecular weight excluding hydrogens is 390 g/mol. The van der Waals surface area contributed by atoms with Crippen molar-refractivity contribution < 1.29 is 18.2 Å². The van der Waals surface area contributed by atoms with Crippen molar-refractivity contribution in [3.8, 4) is 5.75 Å². The predicted molar refractivity (Wildman–Crippen MR) is 111 cm³/mol. The summed E-state index contributed by atoms with van der Waals surface area (Å²) in [7, 11) is -2.96. The molecule has 0 aliphatic heterocycles. The van der Waals surface area contributed by atoms with Gasteiger partial charge in [-0.2, -0.15) is 4.36 Å². The van der Waals surface area contributed by atoms with Gasteiger partial charge in [0.1, 0.15) is 12.9 Å². The van der Waals surface area contributed by atoms with E-state index in [9.17, 15) is 13.8 Å². The zero-order valence-electron chi connectivity index (χ0n) is 16.2. The molecule has 7 heteroatoms. The summed E-state index contributed by atoms with van der Waals surface area (Å²) in [6, 6.07) is 17.4. The van der Waals surface area contributed by atoms with Crippen LogP contribution >= 0.6 is 0 Å². The minimum absolute atomic E-state index is 0.0137. The fourth-order valence-electron chi connectivity index (χ4n) is 2.57. The summed E-state index contributed by atoms with van der Waals surface area (Å²) in [6.07, 6.45) is 1.08. The second kappa shape index (κ2) is 8.87. The highest BCUT2D eigenvalue weighted by atomic mass is 32.2. The molecule has 1 aromatic heterocycles. The maximum absolute atomic E-state index is 13.1. The summed E-state index contributed by atoms with van der Waals surface area (Å²) < 4.78 is 27.7. The number of ether oxygens (including phenoxy) is 1. The molecular formula is C22H21NO5S.